The molecule has 0 aromatic heterocycles. The van der Waals surface area contributed by atoms with Crippen LogP contribution in [0.4, 0.5) is 5.69 Å². The number of anilines is 1. The smallest absolute Gasteiger partial charge is 0.244 e. The fraction of sp³-hybridized carbons (Fsp3) is 0.632. The van der Waals surface area contributed by atoms with Crippen molar-refractivity contribution in [2.45, 2.75) is 51.5 Å². The topological polar surface area (TPSA) is 78.5 Å². The average molecular weight is 382 g/mol. The maximum atomic E-state index is 12.9. The molecule has 0 bridgehead atoms. The highest BCUT2D eigenvalue weighted by atomic mass is 32.2. The molecule has 7 heteroatoms. The molecule has 6 nitrogen and oxygen atoms in total. The number of rotatable bonds is 8. The molecular weight excluding hydrogens is 350 g/mol. The first-order valence-electron chi connectivity index (χ1n) is 9.44. The van der Waals surface area contributed by atoms with Crippen LogP contribution in [-0.2, 0) is 21.2 Å². The van der Waals surface area contributed by atoms with E-state index in [2.05, 4.69) is 17.6 Å². The number of nitrogens with one attached hydrogen (secondary N) is 2. The molecular formula is C19H31N3O3S. The number of likely N-dealkylation sites (N-methyl/N-ethyl adjacent to an activating group) is 1. The minimum Gasteiger partial charge on any atom is -0.324 e. The lowest BCUT2D eigenvalue weighted by molar-refractivity contribution is -0.123. The van der Waals surface area contributed by atoms with E-state index in [9.17, 15) is 13.2 Å². The van der Waals surface area contributed by atoms with Crippen LogP contribution in [0.15, 0.2) is 24.3 Å². The van der Waals surface area contributed by atoms with Gasteiger partial charge in [-0.2, -0.15) is 0 Å². The Morgan fingerprint density at radius 2 is 1.77 bits per heavy atom. The number of sulfonamides is 1. The van der Waals surface area contributed by atoms with Crippen LogP contribution in [0.5, 0.6) is 0 Å². The highest BCUT2D eigenvalue weighted by molar-refractivity contribution is 7.89. The van der Waals surface area contributed by atoms with E-state index in [0.29, 0.717) is 32.4 Å². The van der Waals surface area contributed by atoms with Crippen molar-refractivity contribution in [1.82, 2.24) is 9.62 Å². The Bertz CT molecular complexity index is 693. The van der Waals surface area contributed by atoms with Crippen LogP contribution >= 0.6 is 0 Å². The average Bonchev–Trinajstić information content (AvgIpc) is 2.67. The molecule has 0 spiro atoms. The number of carbonyl (C=O) groups excluding carboxylic acids is 1. The molecule has 0 radical (unpaired) electrons. The summed E-state index contributed by atoms with van der Waals surface area (Å²) < 4.78 is 26.3. The molecule has 146 valence electrons. The second-order valence-corrected chi connectivity index (χ2v) is 8.99. The van der Waals surface area contributed by atoms with E-state index in [-0.39, 0.29) is 11.7 Å². The van der Waals surface area contributed by atoms with Crippen LogP contribution in [0.2, 0.25) is 0 Å². The highest BCUT2D eigenvalue weighted by Crippen LogP contribution is 2.26. The maximum absolute atomic E-state index is 12.9. The van der Waals surface area contributed by atoms with Crippen molar-refractivity contribution >= 4 is 21.6 Å². The standard InChI is InChI=1S/C19H31N3O3S/c1-4-6-15-26(24,25)22-13-11-19(20-3,12-14-22)18(23)21-17-9-7-16(5-2)8-10-17/h7-10,20H,4-6,11-15H2,1-3H3,(H,21,23). The summed E-state index contributed by atoms with van der Waals surface area (Å²) in [5.41, 5.74) is 1.25. The van der Waals surface area contributed by atoms with Crippen LogP contribution in [0.25, 0.3) is 0 Å². The third-order valence-corrected chi connectivity index (χ3v) is 7.21. The number of hydrogen-bond donors (Lipinski definition) is 2. The van der Waals surface area contributed by atoms with Gasteiger partial charge in [0.05, 0.1) is 5.75 Å². The second kappa shape index (κ2) is 8.97. The van der Waals surface area contributed by atoms with Crippen molar-refractivity contribution in [1.29, 1.82) is 0 Å². The molecule has 26 heavy (non-hydrogen) atoms. The number of amides is 1. The van der Waals surface area contributed by atoms with Gasteiger partial charge in [-0.1, -0.05) is 32.4 Å². The molecule has 1 fully saturated rings. The number of nitrogens with zero attached hydrogens (tertiary/aromatic N) is 1. The van der Waals surface area contributed by atoms with E-state index >= 15 is 0 Å². The zero-order valence-electron chi connectivity index (χ0n) is 16.0. The Hall–Kier alpha value is -1.44. The Kier molecular flexibility index (Phi) is 7.20. The number of aryl methyl sites for hydroxylation is 1. The van der Waals surface area contributed by atoms with Crippen LogP contribution in [0.1, 0.15) is 45.1 Å². The first kappa shape index (κ1) is 20.9. The van der Waals surface area contributed by atoms with Crippen molar-refractivity contribution in [2.24, 2.45) is 0 Å². The molecule has 0 unspecified atom stereocenters. The Balaban J connectivity index is 2.02. The minimum absolute atomic E-state index is 0.102. The van der Waals surface area contributed by atoms with Crippen LogP contribution in [0.3, 0.4) is 0 Å². The van der Waals surface area contributed by atoms with E-state index in [1.54, 1.807) is 7.05 Å². The van der Waals surface area contributed by atoms with Crippen LogP contribution < -0.4 is 10.6 Å². The fourth-order valence-corrected chi connectivity index (χ4v) is 4.92. The van der Waals surface area contributed by atoms with Gasteiger partial charge in [-0.05, 0) is 50.4 Å². The first-order chi connectivity index (χ1) is 12.4. The molecule has 1 saturated heterocycles. The molecule has 0 aliphatic carbocycles. The molecule has 1 aliphatic rings. The van der Waals surface area contributed by atoms with Gasteiger partial charge >= 0.3 is 0 Å². The van der Waals surface area contributed by atoms with Crippen LogP contribution in [-0.4, -0.2) is 50.1 Å². The monoisotopic (exact) mass is 381 g/mol. The van der Waals surface area contributed by atoms with Crippen molar-refractivity contribution in [3.05, 3.63) is 29.8 Å². The third kappa shape index (κ3) is 4.84. The molecule has 1 aromatic rings. The predicted octanol–water partition coefficient (Wildman–Crippen LogP) is 2.37. The summed E-state index contributed by atoms with van der Waals surface area (Å²) in [5.74, 6) is 0.0845. The fourth-order valence-electron chi connectivity index (χ4n) is 3.27. The lowest BCUT2D eigenvalue weighted by atomic mass is 9.87. The molecule has 1 amide bonds. The van der Waals surface area contributed by atoms with Gasteiger partial charge < -0.3 is 10.6 Å². The summed E-state index contributed by atoms with van der Waals surface area (Å²) in [6.45, 7) is 4.81. The van der Waals surface area contributed by atoms with Crippen molar-refractivity contribution < 1.29 is 13.2 Å². The summed E-state index contributed by atoms with van der Waals surface area (Å²) in [7, 11) is -1.46. The molecule has 1 aliphatic heterocycles. The van der Waals surface area contributed by atoms with Crippen molar-refractivity contribution in [3.8, 4) is 0 Å². The SMILES string of the molecule is CCCCS(=O)(=O)N1CCC(NC)(C(=O)Nc2ccc(CC)cc2)CC1. The summed E-state index contributed by atoms with van der Waals surface area (Å²) in [6.07, 6.45) is 3.41. The van der Waals surface area contributed by atoms with Gasteiger partial charge in [-0.15, -0.1) is 0 Å². The summed E-state index contributed by atoms with van der Waals surface area (Å²) in [5, 5.41) is 6.11. The third-order valence-electron chi connectivity index (χ3n) is 5.26. The first-order valence-corrected chi connectivity index (χ1v) is 11.0. The van der Waals surface area contributed by atoms with Gasteiger partial charge in [0, 0.05) is 18.8 Å². The molecule has 1 heterocycles. The van der Waals surface area contributed by atoms with Crippen LogP contribution in [0, 0.1) is 0 Å². The number of unbranched alkanes of at least 4 members (excludes halogenated alkanes) is 1. The highest BCUT2D eigenvalue weighted by Gasteiger charge is 2.42. The summed E-state index contributed by atoms with van der Waals surface area (Å²) in [4.78, 5) is 12.9. The molecule has 2 rings (SSSR count). The van der Waals surface area contributed by atoms with E-state index < -0.39 is 15.6 Å². The Morgan fingerprint density at radius 1 is 1.15 bits per heavy atom. The van der Waals surface area contributed by atoms with E-state index in [1.165, 1.54) is 9.87 Å². The van der Waals surface area contributed by atoms with Gasteiger partial charge in [0.2, 0.25) is 15.9 Å². The molecule has 2 N–H and O–H groups in total. The summed E-state index contributed by atoms with van der Waals surface area (Å²) >= 11 is 0. The van der Waals surface area contributed by atoms with E-state index in [4.69, 9.17) is 0 Å². The van der Waals surface area contributed by atoms with Gasteiger partial charge in [0.1, 0.15) is 5.54 Å². The van der Waals surface area contributed by atoms with Gasteiger partial charge in [0.25, 0.3) is 0 Å². The molecule has 1 aromatic carbocycles. The zero-order chi connectivity index (χ0) is 19.2. The largest absolute Gasteiger partial charge is 0.324 e. The van der Waals surface area contributed by atoms with Crippen molar-refractivity contribution in [3.63, 3.8) is 0 Å². The van der Waals surface area contributed by atoms with Gasteiger partial charge in [-0.3, -0.25) is 4.79 Å². The Labute approximate surface area is 157 Å². The van der Waals surface area contributed by atoms with E-state index in [0.717, 1.165) is 18.5 Å². The Morgan fingerprint density at radius 3 is 2.27 bits per heavy atom. The number of hydrogen-bond acceptors (Lipinski definition) is 4. The van der Waals surface area contributed by atoms with Gasteiger partial charge in [-0.25, -0.2) is 12.7 Å². The number of piperidine rings is 1. The summed E-state index contributed by atoms with van der Waals surface area (Å²) in [6, 6.07) is 7.82. The predicted molar refractivity (Wildman–Crippen MR) is 106 cm³/mol. The van der Waals surface area contributed by atoms with Crippen molar-refractivity contribution in [2.75, 3.05) is 31.2 Å². The maximum Gasteiger partial charge on any atom is 0.244 e. The lowest BCUT2D eigenvalue weighted by Gasteiger charge is -2.39. The lowest BCUT2D eigenvalue weighted by Crippen LogP contribution is -2.59. The quantitative estimate of drug-likeness (QED) is 0.725. The molecule has 0 atom stereocenters. The van der Waals surface area contributed by atoms with Gasteiger partial charge in [0.15, 0.2) is 0 Å². The minimum atomic E-state index is -3.22. The zero-order valence-corrected chi connectivity index (χ0v) is 16.9. The number of benzene rings is 1. The number of carbonyl (C=O) groups is 1. The second-order valence-electron chi connectivity index (χ2n) is 6.91. The molecule has 0 saturated carbocycles. The van der Waals surface area contributed by atoms with E-state index in [1.807, 2.05) is 31.2 Å². The normalized spacial score (nSPS) is 17.8.